The molecule has 0 radical (unpaired) electrons. The molecular weight excluding hydrogens is 366 g/mol. The van der Waals surface area contributed by atoms with Crippen LogP contribution in [0.2, 0.25) is 0 Å². The topological polar surface area (TPSA) is 85.9 Å². The van der Waals surface area contributed by atoms with Crippen molar-refractivity contribution in [2.45, 2.75) is 13.0 Å². The number of aryl methyl sites for hydroxylation is 1. The Labute approximate surface area is 161 Å². The van der Waals surface area contributed by atoms with Gasteiger partial charge in [-0.05, 0) is 23.5 Å². The molecule has 0 aliphatic rings. The lowest BCUT2D eigenvalue weighted by molar-refractivity contribution is -0.396. The number of hydrogen-bond donors (Lipinski definition) is 1. The van der Waals surface area contributed by atoms with Gasteiger partial charge in [-0.3, -0.25) is 0 Å². The third-order valence-corrected chi connectivity index (χ3v) is 4.32. The molecule has 2 aromatic carbocycles. The number of nitro groups is 1. The summed E-state index contributed by atoms with van der Waals surface area (Å²) in [5.74, 6) is -0.121. The molecule has 0 saturated heterocycles. The zero-order chi connectivity index (χ0) is 17.9. The van der Waals surface area contributed by atoms with Gasteiger partial charge in [0.05, 0.1) is 23.3 Å². The molecule has 0 aliphatic carbocycles. The minimum absolute atomic E-state index is 0. The molecule has 2 heterocycles. The molecule has 0 saturated carbocycles. The van der Waals surface area contributed by atoms with E-state index in [1.165, 1.54) is 6.20 Å². The van der Waals surface area contributed by atoms with Crippen molar-refractivity contribution in [2.24, 2.45) is 0 Å². The maximum Gasteiger partial charge on any atom is 0.434 e. The molecule has 0 amide bonds. The van der Waals surface area contributed by atoms with E-state index in [9.17, 15) is 10.1 Å². The summed E-state index contributed by atoms with van der Waals surface area (Å²) in [6.07, 6.45) is 3.83. The first-order valence-corrected chi connectivity index (χ1v) is 8.41. The Morgan fingerprint density at radius 2 is 1.67 bits per heavy atom. The Kier molecular flexibility index (Phi) is 5.52. The van der Waals surface area contributed by atoms with Crippen LogP contribution in [0, 0.1) is 10.1 Å². The summed E-state index contributed by atoms with van der Waals surface area (Å²) in [6.45, 7) is 1.22. The number of benzene rings is 2. The maximum atomic E-state index is 10.9. The highest BCUT2D eigenvalue weighted by Crippen LogP contribution is 2.30. The zero-order valence-electron chi connectivity index (χ0n) is 14.4. The highest BCUT2D eigenvalue weighted by molar-refractivity contribution is 6.07. The Morgan fingerprint density at radius 3 is 2.30 bits per heavy atom. The van der Waals surface area contributed by atoms with Gasteiger partial charge in [-0.25, -0.2) is 9.55 Å². The van der Waals surface area contributed by atoms with Crippen molar-refractivity contribution in [3.05, 3.63) is 71.0 Å². The molecule has 0 unspecified atom stereocenters. The van der Waals surface area contributed by atoms with Gasteiger partial charge in [0.1, 0.15) is 12.4 Å². The first-order chi connectivity index (χ1) is 12.7. The summed E-state index contributed by atoms with van der Waals surface area (Å²) in [7, 11) is 0. The smallest absolute Gasteiger partial charge is 0.390 e. The summed E-state index contributed by atoms with van der Waals surface area (Å²) in [5.41, 5.74) is 2.93. The van der Waals surface area contributed by atoms with E-state index in [0.29, 0.717) is 13.1 Å². The molecule has 0 spiro atoms. The van der Waals surface area contributed by atoms with E-state index < -0.39 is 4.92 Å². The number of anilines is 1. The monoisotopic (exact) mass is 383 g/mol. The molecule has 4 aromatic rings. The second kappa shape index (κ2) is 8.01. The predicted octanol–water partition coefficient (Wildman–Crippen LogP) is 4.42. The molecule has 8 heteroatoms. The van der Waals surface area contributed by atoms with Gasteiger partial charge in [-0.1, -0.05) is 41.4 Å². The van der Waals surface area contributed by atoms with E-state index in [-0.39, 0.29) is 18.4 Å². The number of para-hydroxylation sites is 2. The number of nitrogens with one attached hydrogen (secondary N) is 1. The Balaban J connectivity index is 0.00000210. The van der Waals surface area contributed by atoms with Gasteiger partial charge in [0.15, 0.2) is 0 Å². The molecule has 4 rings (SSSR count). The summed E-state index contributed by atoms with van der Waals surface area (Å²) in [6, 6.07) is 16.1. The zero-order valence-corrected chi connectivity index (χ0v) is 15.2. The summed E-state index contributed by atoms with van der Waals surface area (Å²) >= 11 is 0. The van der Waals surface area contributed by atoms with Crippen molar-refractivity contribution in [1.29, 1.82) is 0 Å². The molecule has 27 heavy (non-hydrogen) atoms. The average Bonchev–Trinajstić information content (AvgIpc) is 3.13. The van der Waals surface area contributed by atoms with Gasteiger partial charge < -0.3 is 15.4 Å². The van der Waals surface area contributed by atoms with Crippen LogP contribution < -0.4 is 5.32 Å². The highest BCUT2D eigenvalue weighted by Gasteiger charge is 2.13. The summed E-state index contributed by atoms with van der Waals surface area (Å²) in [5, 5.41) is 16.6. The van der Waals surface area contributed by atoms with Crippen LogP contribution in [0.15, 0.2) is 60.9 Å². The maximum absolute atomic E-state index is 10.9. The van der Waals surface area contributed by atoms with E-state index in [0.717, 1.165) is 33.9 Å². The molecule has 1 N–H and O–H groups in total. The second-order valence-corrected chi connectivity index (χ2v) is 5.98. The molecule has 0 fully saturated rings. The number of imidazole rings is 1. The van der Waals surface area contributed by atoms with Gasteiger partial charge in [0, 0.05) is 17.3 Å². The van der Waals surface area contributed by atoms with Crippen molar-refractivity contribution >= 4 is 45.8 Å². The fraction of sp³-hybridized carbons (Fsp3) is 0.158. The molecule has 0 aliphatic heterocycles. The van der Waals surface area contributed by atoms with Gasteiger partial charge >= 0.3 is 5.95 Å². The number of hydrogen-bond acceptors (Lipinski definition) is 5. The second-order valence-electron chi connectivity index (χ2n) is 5.98. The van der Waals surface area contributed by atoms with Gasteiger partial charge in [0.25, 0.3) is 0 Å². The SMILES string of the molecule is Cl.O=[N+]([O-])c1nccn1CCCNc1c2ccccc2nc2ccccc12. The standard InChI is InChI=1S/C19H17N5O2.ClH/c25-24(26)19-21-11-13-23(19)12-5-10-20-18-14-6-1-3-8-16(14)22-17-9-4-2-7-15(17)18;/h1-4,6-9,11,13H,5,10,12H2,(H,20,22);1H. The third-order valence-electron chi connectivity index (χ3n) is 4.32. The van der Waals surface area contributed by atoms with Crippen LogP contribution in [-0.2, 0) is 6.54 Å². The fourth-order valence-electron chi connectivity index (χ4n) is 3.14. The Morgan fingerprint density at radius 1 is 1.04 bits per heavy atom. The lowest BCUT2D eigenvalue weighted by atomic mass is 10.1. The van der Waals surface area contributed by atoms with Crippen LogP contribution in [0.1, 0.15) is 6.42 Å². The Bertz CT molecular complexity index is 1040. The van der Waals surface area contributed by atoms with Crippen LogP contribution in [0.3, 0.4) is 0 Å². The average molecular weight is 384 g/mol. The van der Waals surface area contributed by atoms with Crippen LogP contribution >= 0.6 is 12.4 Å². The molecule has 2 aromatic heterocycles. The third kappa shape index (κ3) is 3.68. The van der Waals surface area contributed by atoms with E-state index in [2.05, 4.69) is 22.4 Å². The number of pyridine rings is 1. The first-order valence-electron chi connectivity index (χ1n) is 8.41. The number of halogens is 1. The van der Waals surface area contributed by atoms with Crippen LogP contribution in [-0.4, -0.2) is 26.0 Å². The molecular formula is C19H18ClN5O2. The van der Waals surface area contributed by atoms with Crippen LogP contribution in [0.4, 0.5) is 11.6 Å². The first kappa shape index (κ1) is 18.6. The normalized spacial score (nSPS) is 10.7. The van der Waals surface area contributed by atoms with Crippen LogP contribution in [0.5, 0.6) is 0 Å². The molecule has 0 atom stereocenters. The van der Waals surface area contributed by atoms with Crippen molar-refractivity contribution in [2.75, 3.05) is 11.9 Å². The number of nitrogens with zero attached hydrogens (tertiary/aromatic N) is 4. The van der Waals surface area contributed by atoms with Crippen molar-refractivity contribution in [3.63, 3.8) is 0 Å². The van der Waals surface area contributed by atoms with E-state index in [1.54, 1.807) is 10.8 Å². The number of fused-ring (bicyclic) bond motifs is 2. The Hall–Kier alpha value is -3.19. The fourth-order valence-corrected chi connectivity index (χ4v) is 3.14. The molecule has 0 bridgehead atoms. The molecule has 138 valence electrons. The van der Waals surface area contributed by atoms with Crippen molar-refractivity contribution in [1.82, 2.24) is 14.5 Å². The molecule has 7 nitrogen and oxygen atoms in total. The van der Waals surface area contributed by atoms with Gasteiger partial charge in [-0.2, -0.15) is 0 Å². The van der Waals surface area contributed by atoms with E-state index in [4.69, 9.17) is 4.98 Å². The predicted molar refractivity (Wildman–Crippen MR) is 108 cm³/mol. The number of aromatic nitrogens is 3. The lowest BCUT2D eigenvalue weighted by Crippen LogP contribution is -2.09. The number of rotatable bonds is 6. The van der Waals surface area contributed by atoms with E-state index >= 15 is 0 Å². The van der Waals surface area contributed by atoms with Gasteiger partial charge in [0.2, 0.25) is 0 Å². The largest absolute Gasteiger partial charge is 0.434 e. The summed E-state index contributed by atoms with van der Waals surface area (Å²) < 4.78 is 1.56. The summed E-state index contributed by atoms with van der Waals surface area (Å²) in [4.78, 5) is 18.9. The minimum atomic E-state index is -0.461. The van der Waals surface area contributed by atoms with Gasteiger partial charge in [-0.15, -0.1) is 12.4 Å². The minimum Gasteiger partial charge on any atom is -0.390 e. The lowest BCUT2D eigenvalue weighted by Gasteiger charge is -2.13. The quantitative estimate of drug-likeness (QED) is 0.230. The van der Waals surface area contributed by atoms with Crippen molar-refractivity contribution in [3.8, 4) is 0 Å². The van der Waals surface area contributed by atoms with E-state index in [1.807, 2.05) is 36.4 Å². The van der Waals surface area contributed by atoms with Crippen LogP contribution in [0.25, 0.3) is 21.8 Å². The highest BCUT2D eigenvalue weighted by atomic mass is 35.5. The van der Waals surface area contributed by atoms with Crippen molar-refractivity contribution < 1.29 is 4.92 Å².